The van der Waals surface area contributed by atoms with E-state index in [9.17, 15) is 0 Å². The number of nitrogens with zero attached hydrogens (tertiary/aromatic N) is 4. The third-order valence-corrected chi connectivity index (χ3v) is 5.17. The largest absolute Gasteiger partial charge is 0.306 e. The van der Waals surface area contributed by atoms with Crippen molar-refractivity contribution < 1.29 is 0 Å². The minimum Gasteiger partial charge on any atom is -0.306 e. The van der Waals surface area contributed by atoms with Crippen LogP contribution in [0, 0.1) is 11.3 Å². The van der Waals surface area contributed by atoms with Crippen molar-refractivity contribution in [2.45, 2.75) is 32.2 Å². The van der Waals surface area contributed by atoms with Crippen molar-refractivity contribution in [1.29, 1.82) is 5.26 Å². The van der Waals surface area contributed by atoms with Crippen LogP contribution < -0.4 is 0 Å². The van der Waals surface area contributed by atoms with Gasteiger partial charge in [-0.2, -0.15) is 5.26 Å². The maximum atomic E-state index is 9.08. The minimum atomic E-state index is 0.684. The molecule has 1 fully saturated rings. The van der Waals surface area contributed by atoms with E-state index in [1.165, 1.54) is 19.4 Å². The molecule has 2 aromatic heterocycles. The molecule has 4 rings (SSSR count). The highest BCUT2D eigenvalue weighted by Gasteiger charge is 2.19. The maximum Gasteiger partial charge on any atom is 0.137 e. The second-order valence-electron chi connectivity index (χ2n) is 6.89. The first-order valence-electron chi connectivity index (χ1n) is 8.95. The van der Waals surface area contributed by atoms with Gasteiger partial charge in [0.25, 0.3) is 0 Å². The van der Waals surface area contributed by atoms with Gasteiger partial charge >= 0.3 is 0 Å². The predicted octanol–water partition coefficient (Wildman–Crippen LogP) is 3.90. The average molecular weight is 330 g/mol. The second-order valence-corrected chi connectivity index (χ2v) is 6.89. The number of pyridine rings is 1. The first-order valence-corrected chi connectivity index (χ1v) is 8.95. The van der Waals surface area contributed by atoms with Gasteiger partial charge in [-0.15, -0.1) is 0 Å². The molecule has 0 aliphatic carbocycles. The van der Waals surface area contributed by atoms with E-state index in [2.05, 4.69) is 46.8 Å². The molecule has 1 aromatic carbocycles. The molecule has 126 valence electrons. The Morgan fingerprint density at radius 1 is 1.20 bits per heavy atom. The van der Waals surface area contributed by atoms with Gasteiger partial charge in [-0.1, -0.05) is 12.1 Å². The molecule has 3 heterocycles. The lowest BCUT2D eigenvalue weighted by Crippen LogP contribution is -2.29. The fourth-order valence-electron chi connectivity index (χ4n) is 3.69. The number of hydrogen-bond donors (Lipinski definition) is 0. The molecule has 4 nitrogen and oxygen atoms in total. The topological polar surface area (TPSA) is 44.3 Å². The molecule has 0 bridgehead atoms. The molecular formula is C21H22N4. The van der Waals surface area contributed by atoms with E-state index >= 15 is 0 Å². The zero-order chi connectivity index (χ0) is 17.2. The number of imidazole rings is 1. The maximum absolute atomic E-state index is 9.08. The van der Waals surface area contributed by atoms with Crippen molar-refractivity contribution in [2.75, 3.05) is 13.1 Å². The number of hydrogen-bond acceptors (Lipinski definition) is 3. The van der Waals surface area contributed by atoms with Gasteiger partial charge in [0, 0.05) is 31.4 Å². The summed E-state index contributed by atoms with van der Waals surface area (Å²) in [7, 11) is 0. The van der Waals surface area contributed by atoms with E-state index in [4.69, 9.17) is 10.2 Å². The Morgan fingerprint density at radius 3 is 2.92 bits per heavy atom. The molecule has 1 aliphatic heterocycles. The van der Waals surface area contributed by atoms with E-state index in [-0.39, 0.29) is 0 Å². The first kappa shape index (κ1) is 15.9. The van der Waals surface area contributed by atoms with Crippen molar-refractivity contribution in [3.63, 3.8) is 0 Å². The van der Waals surface area contributed by atoms with Crippen molar-refractivity contribution >= 4 is 5.65 Å². The number of nitriles is 1. The van der Waals surface area contributed by atoms with Crippen LogP contribution in [0.25, 0.3) is 16.8 Å². The number of fused-ring (bicyclic) bond motifs is 1. The molecule has 0 amide bonds. The molecule has 0 spiro atoms. The third kappa shape index (κ3) is 3.29. The Morgan fingerprint density at radius 2 is 2.12 bits per heavy atom. The molecule has 0 unspecified atom stereocenters. The van der Waals surface area contributed by atoms with Crippen LogP contribution in [0.2, 0.25) is 0 Å². The Bertz CT molecular complexity index is 934. The van der Waals surface area contributed by atoms with E-state index < -0.39 is 0 Å². The summed E-state index contributed by atoms with van der Waals surface area (Å²) in [5.74, 6) is 0. The van der Waals surface area contributed by atoms with Gasteiger partial charge in [0.05, 0.1) is 17.3 Å². The number of rotatable bonds is 4. The molecule has 25 heavy (non-hydrogen) atoms. The minimum absolute atomic E-state index is 0.684. The zero-order valence-corrected chi connectivity index (χ0v) is 14.5. The molecule has 1 saturated heterocycles. The van der Waals surface area contributed by atoms with Crippen LogP contribution in [-0.2, 0) is 6.42 Å². The number of benzene rings is 1. The van der Waals surface area contributed by atoms with Crippen LogP contribution in [0.3, 0.4) is 0 Å². The van der Waals surface area contributed by atoms with Crippen LogP contribution in [0.15, 0.2) is 48.8 Å². The van der Waals surface area contributed by atoms with Crippen LogP contribution in [0.4, 0.5) is 0 Å². The summed E-state index contributed by atoms with van der Waals surface area (Å²) in [6.07, 6.45) is 7.85. The summed E-state index contributed by atoms with van der Waals surface area (Å²) in [6.45, 7) is 4.62. The average Bonchev–Trinajstić information content (AvgIpc) is 3.24. The summed E-state index contributed by atoms with van der Waals surface area (Å²) < 4.78 is 2.09. The fraction of sp³-hybridized carbons (Fsp3) is 0.333. The predicted molar refractivity (Wildman–Crippen MR) is 99.3 cm³/mol. The van der Waals surface area contributed by atoms with E-state index in [0.29, 0.717) is 11.6 Å². The van der Waals surface area contributed by atoms with Gasteiger partial charge in [-0.25, -0.2) is 4.98 Å². The van der Waals surface area contributed by atoms with Gasteiger partial charge in [-0.05, 0) is 61.7 Å². The number of aromatic nitrogens is 2. The van der Waals surface area contributed by atoms with Crippen LogP contribution in [0.1, 0.15) is 31.0 Å². The molecule has 0 radical (unpaired) electrons. The smallest absolute Gasteiger partial charge is 0.137 e. The SMILES string of the molecule is C[C@@H]1CCCN1CCc1cn2cc(-c3cccc(C#N)c3)ccc2n1. The highest BCUT2D eigenvalue weighted by molar-refractivity contribution is 5.66. The molecule has 3 aromatic rings. The Hall–Kier alpha value is -2.64. The van der Waals surface area contributed by atoms with E-state index in [1.54, 1.807) is 0 Å². The number of likely N-dealkylation sites (tertiary alicyclic amines) is 1. The lowest BCUT2D eigenvalue weighted by Gasteiger charge is -2.19. The van der Waals surface area contributed by atoms with E-state index in [1.807, 2.05) is 24.3 Å². The standard InChI is InChI=1S/C21H22N4/c1-16-4-3-10-24(16)11-9-20-15-25-14-19(7-8-21(25)23-20)18-6-2-5-17(12-18)13-22/h2,5-8,12,14-16H,3-4,9-11H2,1H3/t16-/m1/s1. The fourth-order valence-corrected chi connectivity index (χ4v) is 3.69. The zero-order valence-electron chi connectivity index (χ0n) is 14.5. The van der Waals surface area contributed by atoms with Gasteiger partial charge in [0.2, 0.25) is 0 Å². The monoisotopic (exact) mass is 330 g/mol. The third-order valence-electron chi connectivity index (χ3n) is 5.17. The van der Waals surface area contributed by atoms with Crippen molar-refractivity contribution in [3.05, 3.63) is 60.0 Å². The first-order chi connectivity index (χ1) is 12.2. The Labute approximate surface area is 148 Å². The summed E-state index contributed by atoms with van der Waals surface area (Å²) in [5, 5.41) is 9.08. The Balaban J connectivity index is 1.55. The van der Waals surface area contributed by atoms with Gasteiger partial charge in [-0.3, -0.25) is 0 Å². The van der Waals surface area contributed by atoms with Crippen molar-refractivity contribution in [1.82, 2.24) is 14.3 Å². The lowest BCUT2D eigenvalue weighted by atomic mass is 10.1. The molecule has 4 heteroatoms. The second kappa shape index (κ2) is 6.70. The van der Waals surface area contributed by atoms with Crippen LogP contribution in [-0.4, -0.2) is 33.4 Å². The normalized spacial score (nSPS) is 17.8. The lowest BCUT2D eigenvalue weighted by molar-refractivity contribution is 0.271. The summed E-state index contributed by atoms with van der Waals surface area (Å²) >= 11 is 0. The van der Waals surface area contributed by atoms with Crippen LogP contribution in [0.5, 0.6) is 0 Å². The summed E-state index contributed by atoms with van der Waals surface area (Å²) in [5.41, 5.74) is 4.96. The molecule has 1 atom stereocenters. The van der Waals surface area contributed by atoms with Gasteiger partial charge in [0.1, 0.15) is 5.65 Å². The molecule has 0 N–H and O–H groups in total. The summed E-state index contributed by atoms with van der Waals surface area (Å²) in [6, 6.07) is 14.7. The Kier molecular flexibility index (Phi) is 4.25. The highest BCUT2D eigenvalue weighted by Crippen LogP contribution is 2.22. The highest BCUT2D eigenvalue weighted by atomic mass is 15.2. The molecular weight excluding hydrogens is 308 g/mol. The van der Waals surface area contributed by atoms with Crippen molar-refractivity contribution in [2.24, 2.45) is 0 Å². The quantitative estimate of drug-likeness (QED) is 0.729. The van der Waals surface area contributed by atoms with Crippen LogP contribution >= 0.6 is 0 Å². The van der Waals surface area contributed by atoms with Gasteiger partial charge in [0.15, 0.2) is 0 Å². The summed E-state index contributed by atoms with van der Waals surface area (Å²) in [4.78, 5) is 7.31. The molecule has 0 saturated carbocycles. The molecule has 1 aliphatic rings. The van der Waals surface area contributed by atoms with Crippen molar-refractivity contribution in [3.8, 4) is 17.2 Å². The van der Waals surface area contributed by atoms with Gasteiger partial charge < -0.3 is 9.30 Å². The van der Waals surface area contributed by atoms with E-state index in [0.717, 1.165) is 35.4 Å².